The molecule has 0 saturated carbocycles. The van der Waals surface area contributed by atoms with Crippen LogP contribution in [-0.2, 0) is 0 Å². The van der Waals surface area contributed by atoms with Gasteiger partial charge in [0.15, 0.2) is 11.5 Å². The highest BCUT2D eigenvalue weighted by atomic mass is 16.5. The Labute approximate surface area is 121 Å². The Hall–Kier alpha value is -3.20. The summed E-state index contributed by atoms with van der Waals surface area (Å²) in [6, 6.07) is 11.1. The average Bonchev–Trinajstić information content (AvgIpc) is 2.49. The minimum atomic E-state index is -0.548. The summed E-state index contributed by atoms with van der Waals surface area (Å²) < 4.78 is 4.95. The van der Waals surface area contributed by atoms with E-state index < -0.39 is 5.91 Å². The average molecular weight is 283 g/mol. The topological polar surface area (TPSA) is 108 Å². The fourth-order valence-corrected chi connectivity index (χ4v) is 1.82. The predicted octanol–water partition coefficient (Wildman–Crippen LogP) is 2.11. The van der Waals surface area contributed by atoms with Crippen molar-refractivity contribution in [2.75, 3.05) is 18.2 Å². The van der Waals surface area contributed by atoms with Gasteiger partial charge in [0.2, 0.25) is 0 Å². The van der Waals surface area contributed by atoms with Crippen molar-refractivity contribution in [3.8, 4) is 17.6 Å². The summed E-state index contributed by atoms with van der Waals surface area (Å²) >= 11 is 0. The summed E-state index contributed by atoms with van der Waals surface area (Å²) in [4.78, 5) is 12.2. The van der Waals surface area contributed by atoms with Gasteiger partial charge in [0, 0.05) is 5.69 Å². The van der Waals surface area contributed by atoms with E-state index in [1.54, 1.807) is 12.1 Å². The van der Waals surface area contributed by atoms with Crippen LogP contribution in [0.25, 0.3) is 0 Å². The molecule has 0 saturated heterocycles. The molecule has 106 valence electrons. The first-order valence-corrected chi connectivity index (χ1v) is 6.03. The molecule has 0 aliphatic heterocycles. The standard InChI is InChI=1S/C15H13N3O3/c1-21-13-4-2-3-11(14(13)19)15(20)18-12-6-5-10(17)7-9(12)8-16/h2-7,19H,17H2,1H3,(H,18,20). The number of benzene rings is 2. The number of nitriles is 1. The van der Waals surface area contributed by atoms with Gasteiger partial charge in [-0.05, 0) is 30.3 Å². The van der Waals surface area contributed by atoms with E-state index in [1.165, 1.54) is 31.4 Å². The summed E-state index contributed by atoms with van der Waals surface area (Å²) in [5, 5.41) is 21.5. The van der Waals surface area contributed by atoms with Crippen molar-refractivity contribution in [2.24, 2.45) is 0 Å². The highest BCUT2D eigenvalue weighted by Gasteiger charge is 2.16. The Morgan fingerprint density at radius 3 is 2.81 bits per heavy atom. The number of hydrogen-bond donors (Lipinski definition) is 3. The number of ether oxygens (including phenoxy) is 1. The molecular weight excluding hydrogens is 270 g/mol. The number of amides is 1. The number of anilines is 2. The summed E-state index contributed by atoms with van der Waals surface area (Å²) in [5.74, 6) is -0.611. The molecule has 2 aromatic carbocycles. The molecule has 0 aromatic heterocycles. The summed E-state index contributed by atoms with van der Waals surface area (Å²) in [5.41, 5.74) is 6.62. The lowest BCUT2D eigenvalue weighted by molar-refractivity contribution is 0.102. The zero-order valence-corrected chi connectivity index (χ0v) is 11.3. The number of carbonyl (C=O) groups is 1. The van der Waals surface area contributed by atoms with Gasteiger partial charge in [0.05, 0.1) is 23.9 Å². The van der Waals surface area contributed by atoms with Crippen LogP contribution in [0.3, 0.4) is 0 Å². The van der Waals surface area contributed by atoms with Crippen LogP contribution in [-0.4, -0.2) is 18.1 Å². The fraction of sp³-hybridized carbons (Fsp3) is 0.0667. The van der Waals surface area contributed by atoms with E-state index in [0.717, 1.165) is 0 Å². The lowest BCUT2D eigenvalue weighted by Gasteiger charge is -2.10. The Morgan fingerprint density at radius 1 is 1.38 bits per heavy atom. The van der Waals surface area contributed by atoms with Gasteiger partial charge in [-0.15, -0.1) is 0 Å². The van der Waals surface area contributed by atoms with Crippen molar-refractivity contribution < 1.29 is 14.6 Å². The number of phenols is 1. The number of phenolic OH excluding ortho intramolecular Hbond substituents is 1. The van der Waals surface area contributed by atoms with Gasteiger partial charge in [-0.2, -0.15) is 5.26 Å². The summed E-state index contributed by atoms with van der Waals surface area (Å²) in [7, 11) is 1.39. The lowest BCUT2D eigenvalue weighted by atomic mass is 10.1. The summed E-state index contributed by atoms with van der Waals surface area (Å²) in [6.45, 7) is 0. The number of nitrogen functional groups attached to an aromatic ring is 1. The molecule has 0 fully saturated rings. The zero-order chi connectivity index (χ0) is 15.4. The molecule has 0 heterocycles. The third kappa shape index (κ3) is 2.87. The maximum atomic E-state index is 12.2. The Balaban J connectivity index is 2.33. The maximum Gasteiger partial charge on any atom is 0.259 e. The monoisotopic (exact) mass is 283 g/mol. The molecule has 0 aliphatic carbocycles. The van der Waals surface area contributed by atoms with E-state index in [2.05, 4.69) is 5.32 Å². The molecule has 1 amide bonds. The molecule has 4 N–H and O–H groups in total. The van der Waals surface area contributed by atoms with Gasteiger partial charge in [-0.25, -0.2) is 0 Å². The Bertz CT molecular complexity index is 735. The molecule has 2 aromatic rings. The molecule has 0 atom stereocenters. The van der Waals surface area contributed by atoms with Gasteiger partial charge in [0.25, 0.3) is 5.91 Å². The molecule has 0 bridgehead atoms. The molecule has 0 unspecified atom stereocenters. The van der Waals surface area contributed by atoms with Gasteiger partial charge < -0.3 is 20.9 Å². The minimum Gasteiger partial charge on any atom is -0.504 e. The van der Waals surface area contributed by atoms with Gasteiger partial charge >= 0.3 is 0 Å². The number of methoxy groups -OCH3 is 1. The molecule has 0 aliphatic rings. The highest BCUT2D eigenvalue weighted by Crippen LogP contribution is 2.30. The zero-order valence-electron chi connectivity index (χ0n) is 11.3. The van der Waals surface area contributed by atoms with Crippen LogP contribution in [0.4, 0.5) is 11.4 Å². The molecule has 2 rings (SSSR count). The fourth-order valence-electron chi connectivity index (χ4n) is 1.82. The Kier molecular flexibility index (Phi) is 3.95. The third-order valence-electron chi connectivity index (χ3n) is 2.88. The van der Waals surface area contributed by atoms with Gasteiger partial charge in [0.1, 0.15) is 6.07 Å². The number of aromatic hydroxyl groups is 1. The quantitative estimate of drug-likeness (QED) is 0.747. The molecular formula is C15H13N3O3. The Morgan fingerprint density at radius 2 is 2.14 bits per heavy atom. The molecule has 6 heteroatoms. The number of nitrogens with two attached hydrogens (primary N) is 1. The molecule has 6 nitrogen and oxygen atoms in total. The SMILES string of the molecule is COc1cccc(C(=O)Nc2ccc(N)cc2C#N)c1O. The number of carbonyl (C=O) groups excluding carboxylic acids is 1. The van der Waals surface area contributed by atoms with Gasteiger partial charge in [-0.3, -0.25) is 4.79 Å². The van der Waals surface area contributed by atoms with Crippen molar-refractivity contribution in [2.45, 2.75) is 0 Å². The van der Waals surface area contributed by atoms with Crippen LogP contribution in [0.2, 0.25) is 0 Å². The van der Waals surface area contributed by atoms with Crippen LogP contribution < -0.4 is 15.8 Å². The number of rotatable bonds is 3. The second-order valence-electron chi connectivity index (χ2n) is 4.23. The molecule has 21 heavy (non-hydrogen) atoms. The predicted molar refractivity (Wildman–Crippen MR) is 78.2 cm³/mol. The highest BCUT2D eigenvalue weighted by molar-refractivity contribution is 6.07. The van der Waals surface area contributed by atoms with Crippen LogP contribution in [0.5, 0.6) is 11.5 Å². The first-order chi connectivity index (χ1) is 10.1. The van der Waals surface area contributed by atoms with Crippen LogP contribution in [0.1, 0.15) is 15.9 Å². The number of nitrogens with zero attached hydrogens (tertiary/aromatic N) is 1. The first-order valence-electron chi connectivity index (χ1n) is 6.03. The van der Waals surface area contributed by atoms with Crippen LogP contribution in [0.15, 0.2) is 36.4 Å². The van der Waals surface area contributed by atoms with Crippen molar-refractivity contribution in [1.82, 2.24) is 0 Å². The lowest BCUT2D eigenvalue weighted by Crippen LogP contribution is -2.13. The second kappa shape index (κ2) is 5.84. The number of nitrogens with one attached hydrogen (secondary N) is 1. The van der Waals surface area contributed by atoms with E-state index in [4.69, 9.17) is 15.7 Å². The van der Waals surface area contributed by atoms with Crippen molar-refractivity contribution >= 4 is 17.3 Å². The van der Waals surface area contributed by atoms with Crippen LogP contribution in [0, 0.1) is 11.3 Å². The van der Waals surface area contributed by atoms with E-state index in [9.17, 15) is 9.90 Å². The minimum absolute atomic E-state index is 0.0510. The number of hydrogen-bond acceptors (Lipinski definition) is 5. The third-order valence-corrected chi connectivity index (χ3v) is 2.88. The van der Waals surface area contributed by atoms with Gasteiger partial charge in [-0.1, -0.05) is 6.07 Å². The first kappa shape index (κ1) is 14.2. The van der Waals surface area contributed by atoms with E-state index in [-0.39, 0.29) is 22.6 Å². The maximum absolute atomic E-state index is 12.2. The number of para-hydroxylation sites is 1. The van der Waals surface area contributed by atoms with E-state index in [1.807, 2.05) is 6.07 Å². The normalized spacial score (nSPS) is 9.71. The van der Waals surface area contributed by atoms with Crippen molar-refractivity contribution in [3.63, 3.8) is 0 Å². The largest absolute Gasteiger partial charge is 0.504 e. The van der Waals surface area contributed by atoms with Crippen molar-refractivity contribution in [3.05, 3.63) is 47.5 Å². The molecule has 0 radical (unpaired) electrons. The summed E-state index contributed by atoms with van der Waals surface area (Å²) in [6.07, 6.45) is 0. The smallest absolute Gasteiger partial charge is 0.259 e. The van der Waals surface area contributed by atoms with Crippen LogP contribution >= 0.6 is 0 Å². The van der Waals surface area contributed by atoms with Crippen molar-refractivity contribution in [1.29, 1.82) is 5.26 Å². The van der Waals surface area contributed by atoms with E-state index in [0.29, 0.717) is 11.4 Å². The van der Waals surface area contributed by atoms with E-state index >= 15 is 0 Å². The second-order valence-corrected chi connectivity index (χ2v) is 4.23. The molecule has 0 spiro atoms.